The number of benzene rings is 10. The summed E-state index contributed by atoms with van der Waals surface area (Å²) in [6.07, 6.45) is 0. The van der Waals surface area contributed by atoms with Gasteiger partial charge in [-0.25, -0.2) is 0 Å². The number of para-hydroxylation sites is 2. The first-order valence-electron chi connectivity index (χ1n) is 19.4. The second-order valence-electron chi connectivity index (χ2n) is 14.8. The Labute approximate surface area is 328 Å². The third kappa shape index (κ3) is 4.92. The average Bonchev–Trinajstić information content (AvgIpc) is 3.85. The maximum absolute atomic E-state index is 6.98. The SMILES string of the molecule is c1ccc(-c2ccc(N(c3ccccc3)c3cc(-c4ccc5c6ccccc6c6ccccc6c5c4)c4oc5ccc6oc7ccccc7c6c5c4c3)cc2)cc1. The molecule has 0 amide bonds. The highest BCUT2D eigenvalue weighted by Gasteiger charge is 2.23. The van der Waals surface area contributed by atoms with Crippen molar-refractivity contribution in [1.82, 2.24) is 0 Å². The third-order valence-electron chi connectivity index (χ3n) is 11.6. The lowest BCUT2D eigenvalue weighted by molar-refractivity contribution is 0.663. The van der Waals surface area contributed by atoms with E-state index in [1.54, 1.807) is 0 Å². The fraction of sp³-hybridized carbons (Fsp3) is 0. The van der Waals surface area contributed by atoms with Crippen LogP contribution in [0.25, 0.3) is 98.4 Å². The highest BCUT2D eigenvalue weighted by Crippen LogP contribution is 2.47. The molecule has 10 aromatic carbocycles. The summed E-state index contributed by atoms with van der Waals surface area (Å²) < 4.78 is 13.4. The van der Waals surface area contributed by atoms with Gasteiger partial charge in [0.2, 0.25) is 0 Å². The maximum atomic E-state index is 6.98. The lowest BCUT2D eigenvalue weighted by Crippen LogP contribution is -2.10. The molecule has 0 atom stereocenters. The predicted molar refractivity (Wildman–Crippen MR) is 239 cm³/mol. The molecule has 3 heteroatoms. The third-order valence-corrected chi connectivity index (χ3v) is 11.6. The number of rotatable bonds is 5. The molecule has 12 aromatic rings. The van der Waals surface area contributed by atoms with Crippen LogP contribution >= 0.6 is 0 Å². The molecule has 57 heavy (non-hydrogen) atoms. The smallest absolute Gasteiger partial charge is 0.143 e. The van der Waals surface area contributed by atoms with E-state index >= 15 is 0 Å². The average molecular weight is 728 g/mol. The molecule has 0 unspecified atom stereocenters. The second kappa shape index (κ2) is 12.5. The molecule has 2 heterocycles. The van der Waals surface area contributed by atoms with Gasteiger partial charge in [-0.3, -0.25) is 0 Å². The van der Waals surface area contributed by atoms with E-state index in [9.17, 15) is 0 Å². The minimum absolute atomic E-state index is 0.832. The summed E-state index contributed by atoms with van der Waals surface area (Å²) in [5.74, 6) is 0. The Morgan fingerprint density at radius 1 is 0.281 bits per heavy atom. The number of fused-ring (bicyclic) bond motifs is 13. The summed E-state index contributed by atoms with van der Waals surface area (Å²) in [5.41, 5.74) is 11.0. The largest absolute Gasteiger partial charge is 0.456 e. The Kier molecular flexibility index (Phi) is 6.93. The molecule has 0 aliphatic rings. The molecule has 12 rings (SSSR count). The minimum Gasteiger partial charge on any atom is -0.456 e. The van der Waals surface area contributed by atoms with Crippen LogP contribution in [0, 0.1) is 0 Å². The van der Waals surface area contributed by atoms with Crippen molar-refractivity contribution in [3.8, 4) is 22.3 Å². The highest BCUT2D eigenvalue weighted by molar-refractivity contribution is 6.28. The van der Waals surface area contributed by atoms with Gasteiger partial charge in [-0.2, -0.15) is 0 Å². The molecule has 0 fully saturated rings. The quantitative estimate of drug-likeness (QED) is 0.165. The van der Waals surface area contributed by atoms with E-state index in [0.29, 0.717) is 0 Å². The fourth-order valence-corrected chi connectivity index (χ4v) is 9.05. The van der Waals surface area contributed by atoms with Crippen molar-refractivity contribution in [3.05, 3.63) is 200 Å². The van der Waals surface area contributed by atoms with Crippen LogP contribution in [0.4, 0.5) is 17.1 Å². The zero-order valence-corrected chi connectivity index (χ0v) is 30.8. The fourth-order valence-electron chi connectivity index (χ4n) is 9.05. The van der Waals surface area contributed by atoms with E-state index in [0.717, 1.165) is 72.1 Å². The van der Waals surface area contributed by atoms with Crippen molar-refractivity contribution in [3.63, 3.8) is 0 Å². The summed E-state index contributed by atoms with van der Waals surface area (Å²) in [4.78, 5) is 2.36. The lowest BCUT2D eigenvalue weighted by atomic mass is 9.91. The van der Waals surface area contributed by atoms with Gasteiger partial charge in [-0.05, 0) is 110 Å². The van der Waals surface area contributed by atoms with Gasteiger partial charge in [0.1, 0.15) is 22.3 Å². The van der Waals surface area contributed by atoms with Crippen molar-refractivity contribution in [2.24, 2.45) is 0 Å². The van der Waals surface area contributed by atoms with Gasteiger partial charge in [-0.1, -0.05) is 140 Å². The number of hydrogen-bond acceptors (Lipinski definition) is 3. The van der Waals surface area contributed by atoms with Crippen LogP contribution in [0.5, 0.6) is 0 Å². The van der Waals surface area contributed by atoms with Crippen molar-refractivity contribution in [1.29, 1.82) is 0 Å². The zero-order chi connectivity index (χ0) is 37.5. The summed E-state index contributed by atoms with van der Waals surface area (Å²) in [7, 11) is 0. The van der Waals surface area contributed by atoms with E-state index in [1.807, 2.05) is 18.2 Å². The molecule has 0 spiro atoms. The first kappa shape index (κ1) is 31.7. The Balaban J connectivity index is 1.17. The number of nitrogens with zero attached hydrogens (tertiary/aromatic N) is 1. The van der Waals surface area contributed by atoms with E-state index in [4.69, 9.17) is 8.83 Å². The number of anilines is 3. The van der Waals surface area contributed by atoms with Crippen molar-refractivity contribution < 1.29 is 8.83 Å². The summed E-state index contributed by atoms with van der Waals surface area (Å²) >= 11 is 0. The van der Waals surface area contributed by atoms with Crippen LogP contribution in [-0.4, -0.2) is 0 Å². The normalized spacial score (nSPS) is 11.9. The van der Waals surface area contributed by atoms with Gasteiger partial charge in [0, 0.05) is 44.2 Å². The summed E-state index contributed by atoms with van der Waals surface area (Å²) in [5, 5.41) is 11.7. The lowest BCUT2D eigenvalue weighted by Gasteiger charge is -2.26. The Morgan fingerprint density at radius 2 is 0.789 bits per heavy atom. The molecule has 3 nitrogen and oxygen atoms in total. The molecule has 0 aliphatic carbocycles. The Morgan fingerprint density at radius 3 is 1.49 bits per heavy atom. The van der Waals surface area contributed by atoms with Gasteiger partial charge < -0.3 is 13.7 Å². The molecule has 0 aliphatic heterocycles. The van der Waals surface area contributed by atoms with Crippen LogP contribution in [0.2, 0.25) is 0 Å². The molecule has 0 saturated carbocycles. The number of furan rings is 2. The zero-order valence-electron chi connectivity index (χ0n) is 30.8. The predicted octanol–water partition coefficient (Wildman–Crippen LogP) is 15.7. The summed E-state index contributed by atoms with van der Waals surface area (Å²) in [6.45, 7) is 0. The molecule has 266 valence electrons. The van der Waals surface area contributed by atoms with Gasteiger partial charge in [0.25, 0.3) is 0 Å². The van der Waals surface area contributed by atoms with Crippen LogP contribution < -0.4 is 4.90 Å². The van der Waals surface area contributed by atoms with E-state index < -0.39 is 0 Å². The molecule has 0 bridgehead atoms. The Hall–Kier alpha value is -7.62. The van der Waals surface area contributed by atoms with E-state index in [2.05, 4.69) is 187 Å². The molecule has 0 radical (unpaired) electrons. The first-order valence-corrected chi connectivity index (χ1v) is 19.4. The van der Waals surface area contributed by atoms with Gasteiger partial charge in [0.05, 0.1) is 0 Å². The van der Waals surface area contributed by atoms with Crippen molar-refractivity contribution in [2.75, 3.05) is 4.90 Å². The van der Waals surface area contributed by atoms with Crippen molar-refractivity contribution in [2.45, 2.75) is 0 Å². The molecular weight excluding hydrogens is 695 g/mol. The second-order valence-corrected chi connectivity index (χ2v) is 14.8. The van der Waals surface area contributed by atoms with Crippen LogP contribution in [-0.2, 0) is 0 Å². The standard InChI is InChI=1S/C54H33NO2/c1-3-13-34(14-4-1)35-23-26-38(27-24-35)55(37-15-5-2-6-16-37)39-32-46(36-25-28-44-42-19-8-7-17-40(42)41-18-9-10-20-43(41)47(44)31-36)54-48(33-39)53-51(57-54)30-29-50-52(53)45-21-11-12-22-49(45)56-50/h1-33H. The van der Waals surface area contributed by atoms with Crippen LogP contribution in [0.1, 0.15) is 0 Å². The van der Waals surface area contributed by atoms with Gasteiger partial charge >= 0.3 is 0 Å². The highest BCUT2D eigenvalue weighted by atomic mass is 16.3. The molecular formula is C54H33NO2. The van der Waals surface area contributed by atoms with E-state index in [1.165, 1.54) is 43.4 Å². The Bertz CT molecular complexity index is 3470. The molecule has 0 saturated heterocycles. The van der Waals surface area contributed by atoms with Crippen LogP contribution in [0.15, 0.2) is 209 Å². The van der Waals surface area contributed by atoms with Gasteiger partial charge in [0.15, 0.2) is 0 Å². The van der Waals surface area contributed by atoms with Gasteiger partial charge in [-0.15, -0.1) is 0 Å². The number of hydrogen-bond donors (Lipinski definition) is 0. The van der Waals surface area contributed by atoms with Crippen LogP contribution in [0.3, 0.4) is 0 Å². The molecule has 2 aromatic heterocycles. The van der Waals surface area contributed by atoms with E-state index in [-0.39, 0.29) is 0 Å². The topological polar surface area (TPSA) is 29.5 Å². The monoisotopic (exact) mass is 727 g/mol. The van der Waals surface area contributed by atoms with Crippen molar-refractivity contribution >= 4 is 93.3 Å². The first-order chi connectivity index (χ1) is 28.3. The summed E-state index contributed by atoms with van der Waals surface area (Å²) in [6, 6.07) is 71.5. The maximum Gasteiger partial charge on any atom is 0.143 e. The molecule has 0 N–H and O–H groups in total. The minimum atomic E-state index is 0.832.